The number of nitrogens with one attached hydrogen (secondary N) is 2. The van der Waals surface area contributed by atoms with Crippen LogP contribution in [0.25, 0.3) is 0 Å². The van der Waals surface area contributed by atoms with Crippen molar-refractivity contribution in [1.82, 2.24) is 15.1 Å². The number of carbonyl (C=O) groups is 2. The van der Waals surface area contributed by atoms with Crippen molar-refractivity contribution in [3.63, 3.8) is 0 Å². The lowest BCUT2D eigenvalue weighted by Crippen LogP contribution is -2.45. The summed E-state index contributed by atoms with van der Waals surface area (Å²) in [5.41, 5.74) is 1.54. The number of nitrogens with zero attached hydrogens (tertiary/aromatic N) is 3. The van der Waals surface area contributed by atoms with E-state index in [0.717, 1.165) is 5.56 Å². The summed E-state index contributed by atoms with van der Waals surface area (Å²) in [6, 6.07) is 5.40. The summed E-state index contributed by atoms with van der Waals surface area (Å²) in [7, 11) is 1.82. The highest BCUT2D eigenvalue weighted by atomic mass is 35.5. The number of halogens is 1. The number of anilines is 1. The van der Waals surface area contributed by atoms with E-state index in [-0.39, 0.29) is 24.8 Å². The Bertz CT molecular complexity index is 689. The van der Waals surface area contributed by atoms with Gasteiger partial charge in [0, 0.05) is 43.8 Å². The second kappa shape index (κ2) is 12.2. The Morgan fingerprint density at radius 3 is 2.46 bits per heavy atom. The van der Waals surface area contributed by atoms with Gasteiger partial charge in [-0.1, -0.05) is 17.7 Å². The van der Waals surface area contributed by atoms with Gasteiger partial charge in [-0.25, -0.2) is 0 Å². The van der Waals surface area contributed by atoms with E-state index in [1.165, 1.54) is 0 Å². The molecule has 0 radical (unpaired) electrons. The van der Waals surface area contributed by atoms with E-state index in [0.29, 0.717) is 42.8 Å². The lowest BCUT2D eigenvalue weighted by molar-refractivity contribution is -0.131. The molecule has 1 aromatic rings. The van der Waals surface area contributed by atoms with Gasteiger partial charge >= 0.3 is 0 Å². The smallest absolute Gasteiger partial charge is 0.242 e. The SMILES string of the molecule is CCNC(=NCCC(=O)Nc1cccc(Cl)c1C)N(C)CC(=O)N(CC)CC. The Morgan fingerprint density at radius 2 is 1.86 bits per heavy atom. The maximum Gasteiger partial charge on any atom is 0.242 e. The zero-order chi connectivity index (χ0) is 21.1. The largest absolute Gasteiger partial charge is 0.357 e. The Balaban J connectivity index is 2.64. The van der Waals surface area contributed by atoms with Gasteiger partial charge in [-0.2, -0.15) is 0 Å². The molecule has 0 heterocycles. The van der Waals surface area contributed by atoms with Gasteiger partial charge in [0.2, 0.25) is 11.8 Å². The molecule has 0 fully saturated rings. The molecular formula is C20H32ClN5O2. The molecule has 7 nitrogen and oxygen atoms in total. The van der Waals surface area contributed by atoms with Crippen LogP contribution in [0.3, 0.4) is 0 Å². The molecule has 2 amide bonds. The number of aliphatic imine (C=N–C) groups is 1. The van der Waals surface area contributed by atoms with Gasteiger partial charge in [-0.05, 0) is 45.4 Å². The molecule has 0 unspecified atom stereocenters. The Kier molecular flexibility index (Phi) is 10.4. The molecule has 28 heavy (non-hydrogen) atoms. The summed E-state index contributed by atoms with van der Waals surface area (Å²) in [6.07, 6.45) is 0.235. The van der Waals surface area contributed by atoms with Crippen LogP contribution in [0.4, 0.5) is 5.69 Å². The van der Waals surface area contributed by atoms with E-state index >= 15 is 0 Å². The summed E-state index contributed by atoms with van der Waals surface area (Å²) < 4.78 is 0. The number of guanidine groups is 1. The first-order valence-electron chi connectivity index (χ1n) is 9.66. The minimum atomic E-state index is -0.133. The Labute approximate surface area is 173 Å². The highest BCUT2D eigenvalue weighted by molar-refractivity contribution is 6.31. The number of carbonyl (C=O) groups excluding carboxylic acids is 2. The average Bonchev–Trinajstić information content (AvgIpc) is 2.65. The van der Waals surface area contributed by atoms with Gasteiger partial charge in [-0.15, -0.1) is 0 Å². The molecular weight excluding hydrogens is 378 g/mol. The van der Waals surface area contributed by atoms with Gasteiger partial charge in [0.25, 0.3) is 0 Å². The summed E-state index contributed by atoms with van der Waals surface area (Å²) in [6.45, 7) is 10.3. The predicted octanol–water partition coefficient (Wildman–Crippen LogP) is 2.74. The number of hydrogen-bond donors (Lipinski definition) is 2. The number of hydrogen-bond acceptors (Lipinski definition) is 3. The molecule has 0 aliphatic carbocycles. The van der Waals surface area contributed by atoms with Gasteiger partial charge in [-0.3, -0.25) is 14.6 Å². The van der Waals surface area contributed by atoms with Crippen LogP contribution in [-0.4, -0.2) is 67.3 Å². The summed E-state index contributed by atoms with van der Waals surface area (Å²) in [4.78, 5) is 32.5. The Hall–Kier alpha value is -2.28. The fraction of sp³-hybridized carbons (Fsp3) is 0.550. The molecule has 0 atom stereocenters. The van der Waals surface area contributed by atoms with Gasteiger partial charge in [0.15, 0.2) is 5.96 Å². The molecule has 1 rings (SSSR count). The van der Waals surface area contributed by atoms with Crippen molar-refractivity contribution in [3.8, 4) is 0 Å². The predicted molar refractivity (Wildman–Crippen MR) is 116 cm³/mol. The van der Waals surface area contributed by atoms with Crippen molar-refractivity contribution < 1.29 is 9.59 Å². The van der Waals surface area contributed by atoms with E-state index in [4.69, 9.17) is 11.6 Å². The van der Waals surface area contributed by atoms with E-state index in [1.807, 2.05) is 40.8 Å². The van der Waals surface area contributed by atoms with E-state index < -0.39 is 0 Å². The monoisotopic (exact) mass is 409 g/mol. The fourth-order valence-corrected chi connectivity index (χ4v) is 2.82. The molecule has 0 saturated carbocycles. The van der Waals surface area contributed by atoms with Crippen LogP contribution in [0.1, 0.15) is 32.8 Å². The lowest BCUT2D eigenvalue weighted by atomic mass is 10.2. The van der Waals surface area contributed by atoms with Crippen LogP contribution in [0.2, 0.25) is 5.02 Å². The standard InChI is InChI=1S/C20H32ClN5O2/c1-6-22-20(25(5)14-19(28)26(7-2)8-3)23-13-12-18(27)24-17-11-9-10-16(21)15(17)4/h9-11H,6-8,12-14H2,1-5H3,(H,22,23)(H,24,27). The first-order chi connectivity index (χ1) is 13.3. The molecule has 0 aliphatic rings. The van der Waals surface area contributed by atoms with Crippen LogP contribution in [0, 0.1) is 6.92 Å². The second-order valence-electron chi connectivity index (χ2n) is 6.37. The molecule has 8 heteroatoms. The molecule has 0 bridgehead atoms. The molecule has 1 aromatic carbocycles. The number of amides is 2. The molecule has 156 valence electrons. The molecule has 0 aromatic heterocycles. The van der Waals surface area contributed by atoms with Crippen LogP contribution in [0.5, 0.6) is 0 Å². The van der Waals surface area contributed by atoms with E-state index in [2.05, 4.69) is 15.6 Å². The highest BCUT2D eigenvalue weighted by Crippen LogP contribution is 2.22. The van der Waals surface area contributed by atoms with Gasteiger partial charge in [0.05, 0.1) is 13.1 Å². The number of likely N-dealkylation sites (N-methyl/N-ethyl adjacent to an activating group) is 2. The van der Waals surface area contributed by atoms with Crippen LogP contribution in [-0.2, 0) is 9.59 Å². The van der Waals surface area contributed by atoms with Crippen molar-refractivity contribution in [2.45, 2.75) is 34.1 Å². The molecule has 0 saturated heterocycles. The summed E-state index contributed by atoms with van der Waals surface area (Å²) in [5, 5.41) is 6.64. The molecule has 0 aliphatic heterocycles. The van der Waals surface area contributed by atoms with Crippen molar-refractivity contribution in [2.24, 2.45) is 4.99 Å². The minimum absolute atomic E-state index is 0.0484. The topological polar surface area (TPSA) is 77.0 Å². The number of benzene rings is 1. The lowest BCUT2D eigenvalue weighted by Gasteiger charge is -2.25. The third kappa shape index (κ3) is 7.38. The third-order valence-electron chi connectivity index (χ3n) is 4.33. The first-order valence-corrected chi connectivity index (χ1v) is 10.0. The average molecular weight is 410 g/mol. The first kappa shape index (κ1) is 23.8. The van der Waals surface area contributed by atoms with Gasteiger partial charge < -0.3 is 20.4 Å². The molecule has 0 spiro atoms. The fourth-order valence-electron chi connectivity index (χ4n) is 2.64. The normalized spacial score (nSPS) is 11.1. The molecule has 2 N–H and O–H groups in total. The maximum atomic E-state index is 12.3. The zero-order valence-corrected chi connectivity index (χ0v) is 18.3. The third-order valence-corrected chi connectivity index (χ3v) is 4.74. The van der Waals surface area contributed by atoms with Crippen LogP contribution in [0.15, 0.2) is 23.2 Å². The maximum absolute atomic E-state index is 12.3. The quantitative estimate of drug-likeness (QED) is 0.485. The Morgan fingerprint density at radius 1 is 1.18 bits per heavy atom. The van der Waals surface area contributed by atoms with Crippen LogP contribution >= 0.6 is 11.6 Å². The summed E-state index contributed by atoms with van der Waals surface area (Å²) >= 11 is 6.08. The van der Waals surface area contributed by atoms with Gasteiger partial charge in [0.1, 0.15) is 0 Å². The van der Waals surface area contributed by atoms with Crippen molar-refractivity contribution in [2.75, 3.05) is 45.1 Å². The summed E-state index contributed by atoms with van der Waals surface area (Å²) in [5.74, 6) is 0.522. The van der Waals surface area contributed by atoms with Crippen molar-refractivity contribution >= 4 is 35.1 Å². The minimum Gasteiger partial charge on any atom is -0.357 e. The van der Waals surface area contributed by atoms with Crippen LogP contribution < -0.4 is 10.6 Å². The van der Waals surface area contributed by atoms with E-state index in [1.54, 1.807) is 21.9 Å². The van der Waals surface area contributed by atoms with Crippen molar-refractivity contribution in [1.29, 1.82) is 0 Å². The zero-order valence-electron chi connectivity index (χ0n) is 17.5. The van der Waals surface area contributed by atoms with E-state index in [9.17, 15) is 9.59 Å². The second-order valence-corrected chi connectivity index (χ2v) is 6.78. The van der Waals surface area contributed by atoms with Crippen molar-refractivity contribution in [3.05, 3.63) is 28.8 Å². The number of rotatable bonds is 9. The highest BCUT2D eigenvalue weighted by Gasteiger charge is 2.15.